The highest BCUT2D eigenvalue weighted by Gasteiger charge is 2.57. The Balaban J connectivity index is 0.000000310. The van der Waals surface area contributed by atoms with Crippen LogP contribution < -0.4 is 0 Å². The van der Waals surface area contributed by atoms with E-state index in [0.717, 1.165) is 11.8 Å². The number of fused-ring (bicyclic) bond motifs is 1. The van der Waals surface area contributed by atoms with Crippen LogP contribution in [-0.4, -0.2) is 22.2 Å². The Morgan fingerprint density at radius 2 is 1.50 bits per heavy atom. The molecule has 3 atom stereocenters. The van der Waals surface area contributed by atoms with E-state index in [2.05, 4.69) is 32.6 Å². The third-order valence-electron chi connectivity index (χ3n) is 3.75. The molecule has 0 amide bonds. The van der Waals surface area contributed by atoms with Crippen molar-refractivity contribution in [3.63, 3.8) is 0 Å². The van der Waals surface area contributed by atoms with Crippen LogP contribution in [0.4, 0.5) is 0 Å². The number of hydrogen-bond acceptors (Lipinski definition) is 2. The maximum absolute atomic E-state index is 9.37. The second kappa shape index (κ2) is 7.94. The minimum Gasteiger partial charge on any atom is -0.481 e. The molecule has 2 aliphatic carbocycles. The maximum atomic E-state index is 9.37. The zero-order valence-electron chi connectivity index (χ0n) is 13.1. The van der Waals surface area contributed by atoms with Crippen LogP contribution in [-0.2, 0) is 9.59 Å². The quantitative estimate of drug-likeness (QED) is 0.762. The van der Waals surface area contributed by atoms with Gasteiger partial charge >= 0.3 is 11.9 Å². The molecule has 2 rings (SSSR count). The number of aliphatic carboxylic acids is 2. The summed E-state index contributed by atoms with van der Waals surface area (Å²) in [6.45, 7) is 10.1. The Kier molecular flexibility index (Phi) is 7.34. The van der Waals surface area contributed by atoms with Crippen molar-refractivity contribution in [2.24, 2.45) is 23.2 Å². The molecule has 0 aromatic carbocycles. The number of carboxylic acids is 2. The minimum absolute atomic E-state index is 0.222. The predicted molar refractivity (Wildman–Crippen MR) is 78.2 cm³/mol. The third kappa shape index (κ3) is 6.10. The SMILES string of the molecule is CC1C#CC2C(C1)C2(C)C.CCC(=O)O.CCC(=O)O. The van der Waals surface area contributed by atoms with Crippen molar-refractivity contribution in [3.05, 3.63) is 0 Å². The monoisotopic (exact) mass is 282 g/mol. The highest BCUT2D eigenvalue weighted by molar-refractivity contribution is 5.66. The van der Waals surface area contributed by atoms with Gasteiger partial charge in [-0.1, -0.05) is 46.5 Å². The molecule has 0 aromatic rings. The Hall–Kier alpha value is -1.50. The van der Waals surface area contributed by atoms with Gasteiger partial charge in [-0.3, -0.25) is 9.59 Å². The summed E-state index contributed by atoms with van der Waals surface area (Å²) in [5.74, 6) is 7.45. The van der Waals surface area contributed by atoms with Crippen molar-refractivity contribution in [1.29, 1.82) is 0 Å². The smallest absolute Gasteiger partial charge is 0.303 e. The van der Waals surface area contributed by atoms with Crippen molar-refractivity contribution in [1.82, 2.24) is 0 Å². The fraction of sp³-hybridized carbons (Fsp3) is 0.750. The van der Waals surface area contributed by atoms with E-state index in [1.54, 1.807) is 13.8 Å². The standard InChI is InChI=1S/C10H14.2C3H6O2/c1-7-4-5-8-9(6-7)10(8,2)3;2*1-2-3(4)5/h7-9H,6H2,1-3H3;2*2H2,1H3,(H,4,5). The van der Waals surface area contributed by atoms with Crippen molar-refractivity contribution < 1.29 is 19.8 Å². The zero-order chi connectivity index (χ0) is 15.9. The van der Waals surface area contributed by atoms with Crippen LogP contribution in [0.25, 0.3) is 0 Å². The van der Waals surface area contributed by atoms with Gasteiger partial charge in [-0.25, -0.2) is 0 Å². The van der Waals surface area contributed by atoms with Crippen molar-refractivity contribution >= 4 is 11.9 Å². The molecule has 3 unspecified atom stereocenters. The van der Waals surface area contributed by atoms with E-state index < -0.39 is 11.9 Å². The van der Waals surface area contributed by atoms with Gasteiger partial charge in [0.15, 0.2) is 0 Å². The van der Waals surface area contributed by atoms with Crippen LogP contribution in [0.15, 0.2) is 0 Å². The van der Waals surface area contributed by atoms with Crippen LogP contribution in [0.3, 0.4) is 0 Å². The maximum Gasteiger partial charge on any atom is 0.303 e. The predicted octanol–water partition coefficient (Wildman–Crippen LogP) is 3.26. The Labute approximate surface area is 121 Å². The highest BCUT2D eigenvalue weighted by Crippen LogP contribution is 2.61. The Morgan fingerprint density at radius 3 is 1.75 bits per heavy atom. The molecule has 1 fully saturated rings. The molecule has 2 N–H and O–H groups in total. The normalized spacial score (nSPS) is 27.1. The third-order valence-corrected chi connectivity index (χ3v) is 3.75. The highest BCUT2D eigenvalue weighted by atomic mass is 16.4. The lowest BCUT2D eigenvalue weighted by Gasteiger charge is -2.05. The van der Waals surface area contributed by atoms with Crippen LogP contribution in [0.5, 0.6) is 0 Å². The molecule has 0 aliphatic heterocycles. The molecular weight excluding hydrogens is 256 g/mol. The number of carboxylic acid groups (broad SMARTS) is 2. The topological polar surface area (TPSA) is 74.6 Å². The van der Waals surface area contributed by atoms with E-state index >= 15 is 0 Å². The molecule has 0 heterocycles. The molecule has 0 radical (unpaired) electrons. The van der Waals surface area contributed by atoms with E-state index in [1.165, 1.54) is 6.42 Å². The van der Waals surface area contributed by atoms with Crippen LogP contribution >= 0.6 is 0 Å². The van der Waals surface area contributed by atoms with Crippen molar-refractivity contribution in [2.75, 3.05) is 0 Å². The molecule has 0 saturated heterocycles. The molecular formula is C16H26O4. The van der Waals surface area contributed by atoms with Gasteiger partial charge < -0.3 is 10.2 Å². The van der Waals surface area contributed by atoms with Crippen LogP contribution in [0, 0.1) is 35.0 Å². The molecule has 114 valence electrons. The fourth-order valence-electron chi connectivity index (χ4n) is 2.14. The number of hydrogen-bond donors (Lipinski definition) is 2. The largest absolute Gasteiger partial charge is 0.481 e. The summed E-state index contributed by atoms with van der Waals surface area (Å²) in [5.41, 5.74) is 0.553. The molecule has 0 spiro atoms. The molecule has 20 heavy (non-hydrogen) atoms. The van der Waals surface area contributed by atoms with Crippen molar-refractivity contribution in [3.8, 4) is 11.8 Å². The molecule has 0 aromatic heterocycles. The van der Waals surface area contributed by atoms with Crippen LogP contribution in [0.2, 0.25) is 0 Å². The van der Waals surface area contributed by atoms with Gasteiger partial charge in [0, 0.05) is 24.7 Å². The van der Waals surface area contributed by atoms with Gasteiger partial charge in [-0.2, -0.15) is 0 Å². The minimum atomic E-state index is -0.745. The second-order valence-corrected chi connectivity index (χ2v) is 5.83. The summed E-state index contributed by atoms with van der Waals surface area (Å²) >= 11 is 0. The van der Waals surface area contributed by atoms with E-state index in [0.29, 0.717) is 11.3 Å². The molecule has 4 nitrogen and oxygen atoms in total. The molecule has 4 heteroatoms. The van der Waals surface area contributed by atoms with Crippen LogP contribution in [0.1, 0.15) is 53.9 Å². The van der Waals surface area contributed by atoms with E-state index in [-0.39, 0.29) is 12.8 Å². The summed E-state index contributed by atoms with van der Waals surface area (Å²) in [6, 6.07) is 0. The average molecular weight is 282 g/mol. The summed E-state index contributed by atoms with van der Waals surface area (Å²) < 4.78 is 0. The first-order valence-electron chi connectivity index (χ1n) is 7.11. The lowest BCUT2D eigenvalue weighted by molar-refractivity contribution is -0.137. The first-order chi connectivity index (χ1) is 9.16. The van der Waals surface area contributed by atoms with E-state index in [9.17, 15) is 9.59 Å². The lowest BCUT2D eigenvalue weighted by atomic mass is 9.99. The van der Waals surface area contributed by atoms with Gasteiger partial charge in [-0.15, -0.1) is 0 Å². The first-order valence-corrected chi connectivity index (χ1v) is 7.11. The summed E-state index contributed by atoms with van der Waals surface area (Å²) in [6.07, 6.45) is 1.78. The van der Waals surface area contributed by atoms with Gasteiger partial charge in [-0.05, 0) is 17.8 Å². The first kappa shape index (κ1) is 18.5. The average Bonchev–Trinajstić information content (AvgIpc) is 2.92. The van der Waals surface area contributed by atoms with Gasteiger partial charge in [0.2, 0.25) is 0 Å². The van der Waals surface area contributed by atoms with E-state index in [1.807, 2.05) is 0 Å². The zero-order valence-corrected chi connectivity index (χ0v) is 13.1. The summed E-state index contributed by atoms with van der Waals surface area (Å²) in [5, 5.41) is 15.4. The van der Waals surface area contributed by atoms with E-state index in [4.69, 9.17) is 10.2 Å². The molecule has 2 aliphatic rings. The molecule has 0 bridgehead atoms. The number of carbonyl (C=O) groups is 2. The Bertz CT molecular complexity index is 386. The van der Waals surface area contributed by atoms with Gasteiger partial charge in [0.25, 0.3) is 0 Å². The summed E-state index contributed by atoms with van der Waals surface area (Å²) in [4.78, 5) is 18.7. The second-order valence-electron chi connectivity index (χ2n) is 5.83. The van der Waals surface area contributed by atoms with Gasteiger partial charge in [0.1, 0.15) is 0 Å². The molecule has 1 saturated carbocycles. The van der Waals surface area contributed by atoms with Gasteiger partial charge in [0.05, 0.1) is 0 Å². The Morgan fingerprint density at radius 1 is 1.10 bits per heavy atom. The van der Waals surface area contributed by atoms with Crippen molar-refractivity contribution in [2.45, 2.75) is 53.9 Å². The summed E-state index contributed by atoms with van der Waals surface area (Å²) in [7, 11) is 0. The number of rotatable bonds is 2. The fourth-order valence-corrected chi connectivity index (χ4v) is 2.14. The lowest BCUT2D eigenvalue weighted by Crippen LogP contribution is -1.98.